The zero-order valence-electron chi connectivity index (χ0n) is 15.1. The number of benzene rings is 1. The zero-order valence-corrected chi connectivity index (χ0v) is 15.1. The standard InChI is InChI=1S/C19H27N3O3/c1-3-21(13-15-23)12-6-7-14-22(2,19(24)25)18-10-11-20-17-9-5-4-8-16(17)18/h4-5,8-11,23H,3,6-7,12-15H2,1-2H3/p+1. The number of aliphatic hydroxyl groups excluding tert-OH is 1. The Bertz CT molecular complexity index is 702. The Kier molecular flexibility index (Phi) is 6.87. The fraction of sp³-hybridized carbons (Fsp3) is 0.474. The van der Waals surface area contributed by atoms with Crippen molar-refractivity contribution in [1.82, 2.24) is 14.4 Å². The van der Waals surface area contributed by atoms with Crippen LogP contribution in [0.3, 0.4) is 0 Å². The van der Waals surface area contributed by atoms with Crippen molar-refractivity contribution < 1.29 is 15.0 Å². The van der Waals surface area contributed by atoms with Crippen molar-refractivity contribution in [1.29, 1.82) is 0 Å². The molecule has 25 heavy (non-hydrogen) atoms. The van der Waals surface area contributed by atoms with Gasteiger partial charge in [0, 0.05) is 18.8 Å². The Balaban J connectivity index is 2.14. The van der Waals surface area contributed by atoms with Gasteiger partial charge < -0.3 is 15.1 Å². The van der Waals surface area contributed by atoms with Crippen LogP contribution in [0.25, 0.3) is 10.9 Å². The maximum Gasteiger partial charge on any atom is 0.518 e. The summed E-state index contributed by atoms with van der Waals surface area (Å²) in [5, 5.41) is 19.8. The van der Waals surface area contributed by atoms with Gasteiger partial charge in [-0.05, 0) is 38.1 Å². The largest absolute Gasteiger partial charge is 0.518 e. The summed E-state index contributed by atoms with van der Waals surface area (Å²) in [7, 11) is 1.75. The monoisotopic (exact) mass is 346 g/mol. The van der Waals surface area contributed by atoms with E-state index in [0.29, 0.717) is 13.1 Å². The minimum Gasteiger partial charge on any atom is -0.435 e. The molecule has 1 heterocycles. The van der Waals surface area contributed by atoms with E-state index in [4.69, 9.17) is 5.11 Å². The first-order valence-electron chi connectivity index (χ1n) is 8.79. The molecule has 2 aromatic rings. The quantitative estimate of drug-likeness (QED) is 0.539. The van der Waals surface area contributed by atoms with Crippen LogP contribution in [-0.4, -0.2) is 66.0 Å². The van der Waals surface area contributed by atoms with Crippen LogP contribution >= 0.6 is 0 Å². The van der Waals surface area contributed by atoms with Crippen molar-refractivity contribution in [3.8, 4) is 0 Å². The fourth-order valence-corrected chi connectivity index (χ4v) is 3.16. The van der Waals surface area contributed by atoms with E-state index in [1.54, 1.807) is 19.3 Å². The molecule has 0 aliphatic carbocycles. The van der Waals surface area contributed by atoms with E-state index in [9.17, 15) is 9.90 Å². The number of quaternary nitrogens is 1. The molecule has 6 nitrogen and oxygen atoms in total. The van der Waals surface area contributed by atoms with Crippen LogP contribution < -0.4 is 4.48 Å². The van der Waals surface area contributed by atoms with Crippen LogP contribution in [0.15, 0.2) is 36.5 Å². The molecule has 2 rings (SSSR count). The van der Waals surface area contributed by atoms with Gasteiger partial charge in [-0.25, -0.2) is 0 Å². The first kappa shape index (κ1) is 19.3. The van der Waals surface area contributed by atoms with Gasteiger partial charge in [0.15, 0.2) is 5.69 Å². The van der Waals surface area contributed by atoms with Crippen LogP contribution in [0, 0.1) is 0 Å². The van der Waals surface area contributed by atoms with Crippen molar-refractivity contribution in [2.24, 2.45) is 0 Å². The first-order valence-corrected chi connectivity index (χ1v) is 8.79. The Labute approximate surface area is 148 Å². The number of hydrogen-bond acceptors (Lipinski definition) is 4. The highest BCUT2D eigenvalue weighted by atomic mass is 16.4. The number of aromatic nitrogens is 1. The molecular weight excluding hydrogens is 318 g/mol. The summed E-state index contributed by atoms with van der Waals surface area (Å²) in [6, 6.07) is 9.45. The van der Waals surface area contributed by atoms with E-state index in [0.717, 1.165) is 42.5 Å². The normalized spacial score (nSPS) is 13.9. The van der Waals surface area contributed by atoms with Crippen LogP contribution in [0.2, 0.25) is 0 Å². The molecule has 0 saturated carbocycles. The molecule has 0 fully saturated rings. The molecule has 1 aromatic carbocycles. The number of carboxylic acid groups (broad SMARTS) is 1. The topological polar surface area (TPSA) is 73.7 Å². The summed E-state index contributed by atoms with van der Waals surface area (Å²) in [4.78, 5) is 18.6. The number of rotatable bonds is 9. The lowest BCUT2D eigenvalue weighted by Crippen LogP contribution is -2.50. The third kappa shape index (κ3) is 4.54. The number of hydrogen-bond donors (Lipinski definition) is 2. The second kappa shape index (κ2) is 8.89. The molecule has 1 unspecified atom stereocenters. The van der Waals surface area contributed by atoms with Gasteiger partial charge in [0.05, 0.1) is 31.1 Å². The smallest absolute Gasteiger partial charge is 0.435 e. The van der Waals surface area contributed by atoms with Crippen LogP contribution in [0.4, 0.5) is 10.5 Å². The number of pyridine rings is 1. The van der Waals surface area contributed by atoms with Crippen molar-refractivity contribution in [2.45, 2.75) is 19.8 Å². The number of carbonyl (C=O) groups is 1. The molecule has 136 valence electrons. The lowest BCUT2D eigenvalue weighted by molar-refractivity contribution is 0.154. The average Bonchev–Trinajstić information content (AvgIpc) is 2.63. The molecule has 0 radical (unpaired) electrons. The Morgan fingerprint density at radius 2 is 1.96 bits per heavy atom. The molecule has 0 aliphatic rings. The predicted molar refractivity (Wildman–Crippen MR) is 101 cm³/mol. The zero-order chi connectivity index (χ0) is 18.3. The molecule has 2 N–H and O–H groups in total. The highest BCUT2D eigenvalue weighted by molar-refractivity contribution is 5.96. The van der Waals surface area contributed by atoms with Gasteiger partial charge in [0.2, 0.25) is 0 Å². The Hall–Kier alpha value is -2.02. The Morgan fingerprint density at radius 3 is 2.64 bits per heavy atom. The molecule has 0 spiro atoms. The number of unbranched alkanes of at least 4 members (excludes halogenated alkanes) is 1. The molecule has 1 atom stereocenters. The van der Waals surface area contributed by atoms with Crippen LogP contribution in [0.5, 0.6) is 0 Å². The van der Waals surface area contributed by atoms with Crippen LogP contribution in [0.1, 0.15) is 19.8 Å². The Morgan fingerprint density at radius 1 is 1.20 bits per heavy atom. The summed E-state index contributed by atoms with van der Waals surface area (Å²) in [5.74, 6) is 0. The highest BCUT2D eigenvalue weighted by Crippen LogP contribution is 2.30. The third-order valence-corrected chi connectivity index (χ3v) is 4.77. The first-order chi connectivity index (χ1) is 12.0. The predicted octanol–water partition coefficient (Wildman–Crippen LogP) is 2.94. The molecule has 6 heteroatoms. The van der Waals surface area contributed by atoms with Gasteiger partial charge in [-0.2, -0.15) is 9.28 Å². The van der Waals surface area contributed by atoms with E-state index < -0.39 is 6.09 Å². The van der Waals surface area contributed by atoms with Crippen LogP contribution in [-0.2, 0) is 0 Å². The maximum atomic E-state index is 12.1. The van der Waals surface area contributed by atoms with Crippen molar-refractivity contribution in [2.75, 3.05) is 39.8 Å². The minimum atomic E-state index is -0.862. The van der Waals surface area contributed by atoms with Gasteiger partial charge in [-0.3, -0.25) is 4.98 Å². The van der Waals surface area contributed by atoms with Gasteiger partial charge >= 0.3 is 6.09 Å². The molecule has 1 amide bonds. The second-order valence-corrected chi connectivity index (χ2v) is 6.41. The van der Waals surface area contributed by atoms with Crippen molar-refractivity contribution in [3.63, 3.8) is 0 Å². The van der Waals surface area contributed by atoms with E-state index >= 15 is 0 Å². The van der Waals surface area contributed by atoms with Gasteiger partial charge in [-0.15, -0.1) is 0 Å². The van der Waals surface area contributed by atoms with E-state index in [1.807, 2.05) is 24.3 Å². The van der Waals surface area contributed by atoms with Gasteiger partial charge in [-0.1, -0.05) is 19.1 Å². The lowest BCUT2D eigenvalue weighted by atomic mass is 10.1. The van der Waals surface area contributed by atoms with E-state index in [1.165, 1.54) is 0 Å². The average molecular weight is 346 g/mol. The number of para-hydroxylation sites is 1. The SMILES string of the molecule is CCN(CCO)CCCC[N+](C)(C(=O)O)c1ccnc2ccccc12. The molecule has 0 saturated heterocycles. The maximum absolute atomic E-state index is 12.1. The minimum absolute atomic E-state index is 0.153. The van der Waals surface area contributed by atoms with Gasteiger partial charge in [0.1, 0.15) is 0 Å². The van der Waals surface area contributed by atoms with E-state index in [2.05, 4.69) is 16.8 Å². The molecular formula is C19H28N3O3+. The number of fused-ring (bicyclic) bond motifs is 1. The number of nitrogens with zero attached hydrogens (tertiary/aromatic N) is 3. The molecule has 0 bridgehead atoms. The second-order valence-electron chi connectivity index (χ2n) is 6.41. The third-order valence-electron chi connectivity index (χ3n) is 4.77. The summed E-state index contributed by atoms with van der Waals surface area (Å²) >= 11 is 0. The summed E-state index contributed by atoms with van der Waals surface area (Å²) < 4.78 is -0.158. The fourth-order valence-electron chi connectivity index (χ4n) is 3.16. The van der Waals surface area contributed by atoms with Crippen molar-refractivity contribution >= 4 is 22.7 Å². The summed E-state index contributed by atoms with van der Waals surface area (Å²) in [5.41, 5.74) is 1.58. The number of aliphatic hydroxyl groups is 1. The molecule has 1 aromatic heterocycles. The summed E-state index contributed by atoms with van der Waals surface area (Å²) in [6.07, 6.45) is 2.51. The van der Waals surface area contributed by atoms with E-state index in [-0.39, 0.29) is 11.1 Å². The lowest BCUT2D eigenvalue weighted by Gasteiger charge is -2.29. The number of amides is 1. The molecule has 0 aliphatic heterocycles. The number of likely N-dealkylation sites (N-methyl/N-ethyl adjacent to an activating group) is 1. The van der Waals surface area contributed by atoms with Gasteiger partial charge in [0.25, 0.3) is 0 Å². The van der Waals surface area contributed by atoms with Crippen molar-refractivity contribution in [3.05, 3.63) is 36.5 Å². The summed E-state index contributed by atoms with van der Waals surface area (Å²) in [6.45, 7) is 5.15. The highest BCUT2D eigenvalue weighted by Gasteiger charge is 2.35.